The van der Waals surface area contributed by atoms with Gasteiger partial charge in [0.2, 0.25) is 0 Å². The SMILES string of the molecule is CCOC(=O)CCCNC(=O)c1cc(F)c(F)cc1N. The maximum absolute atomic E-state index is 13.0. The summed E-state index contributed by atoms with van der Waals surface area (Å²) in [5.74, 6) is -3.23. The third kappa shape index (κ3) is 4.49. The highest BCUT2D eigenvalue weighted by Crippen LogP contribution is 2.16. The van der Waals surface area contributed by atoms with E-state index in [2.05, 4.69) is 5.32 Å². The summed E-state index contributed by atoms with van der Waals surface area (Å²) < 4.78 is 30.6. The van der Waals surface area contributed by atoms with Crippen molar-refractivity contribution < 1.29 is 23.1 Å². The largest absolute Gasteiger partial charge is 0.466 e. The zero-order chi connectivity index (χ0) is 15.1. The minimum Gasteiger partial charge on any atom is -0.466 e. The molecule has 0 bridgehead atoms. The molecule has 0 radical (unpaired) electrons. The molecule has 0 fully saturated rings. The molecule has 0 saturated heterocycles. The van der Waals surface area contributed by atoms with Gasteiger partial charge in [-0.25, -0.2) is 8.78 Å². The number of anilines is 1. The first kappa shape index (κ1) is 15.9. The minimum absolute atomic E-state index is 0.139. The van der Waals surface area contributed by atoms with E-state index in [0.29, 0.717) is 13.0 Å². The van der Waals surface area contributed by atoms with Crippen LogP contribution in [0.2, 0.25) is 0 Å². The summed E-state index contributed by atoms with van der Waals surface area (Å²) in [7, 11) is 0. The molecule has 0 aliphatic heterocycles. The fourth-order valence-electron chi connectivity index (χ4n) is 1.52. The van der Waals surface area contributed by atoms with Crippen LogP contribution in [0.5, 0.6) is 0 Å². The fourth-order valence-corrected chi connectivity index (χ4v) is 1.52. The smallest absolute Gasteiger partial charge is 0.305 e. The Hall–Kier alpha value is -2.18. The number of benzene rings is 1. The number of nitrogens with two attached hydrogens (primary N) is 1. The van der Waals surface area contributed by atoms with E-state index in [1.54, 1.807) is 6.92 Å². The zero-order valence-electron chi connectivity index (χ0n) is 11.0. The lowest BCUT2D eigenvalue weighted by Crippen LogP contribution is -2.26. The first-order valence-electron chi connectivity index (χ1n) is 6.14. The van der Waals surface area contributed by atoms with Gasteiger partial charge in [0.25, 0.3) is 5.91 Å². The third-order valence-corrected chi connectivity index (χ3v) is 2.49. The van der Waals surface area contributed by atoms with Crippen molar-refractivity contribution in [2.24, 2.45) is 0 Å². The molecule has 0 heterocycles. The summed E-state index contributed by atoms with van der Waals surface area (Å²) in [6.45, 7) is 2.21. The molecule has 0 saturated carbocycles. The fraction of sp³-hybridized carbons (Fsp3) is 0.385. The molecule has 0 aromatic heterocycles. The van der Waals surface area contributed by atoms with Crippen LogP contribution < -0.4 is 11.1 Å². The number of ether oxygens (including phenoxy) is 1. The Balaban J connectivity index is 2.48. The molecule has 7 heteroatoms. The van der Waals surface area contributed by atoms with E-state index >= 15 is 0 Å². The Morgan fingerprint density at radius 1 is 1.30 bits per heavy atom. The normalized spacial score (nSPS) is 10.2. The van der Waals surface area contributed by atoms with Crippen LogP contribution in [0, 0.1) is 11.6 Å². The molecule has 0 aliphatic rings. The maximum atomic E-state index is 13.0. The molecule has 110 valence electrons. The van der Waals surface area contributed by atoms with E-state index in [1.807, 2.05) is 0 Å². The van der Waals surface area contributed by atoms with Crippen LogP contribution in [0.15, 0.2) is 12.1 Å². The Bertz CT molecular complexity index is 507. The van der Waals surface area contributed by atoms with Crippen molar-refractivity contribution in [3.05, 3.63) is 29.3 Å². The Morgan fingerprint density at radius 2 is 1.95 bits per heavy atom. The predicted molar refractivity (Wildman–Crippen MR) is 69.0 cm³/mol. The van der Waals surface area contributed by atoms with Crippen molar-refractivity contribution >= 4 is 17.6 Å². The Labute approximate surface area is 115 Å². The molecular weight excluding hydrogens is 270 g/mol. The molecule has 0 atom stereocenters. The predicted octanol–water partition coefficient (Wildman–Crippen LogP) is 1.62. The minimum atomic E-state index is -1.14. The number of hydrogen-bond donors (Lipinski definition) is 2. The van der Waals surface area contributed by atoms with Crippen molar-refractivity contribution in [1.82, 2.24) is 5.32 Å². The van der Waals surface area contributed by atoms with Gasteiger partial charge in [0, 0.05) is 24.7 Å². The summed E-state index contributed by atoms with van der Waals surface area (Å²) >= 11 is 0. The molecule has 20 heavy (non-hydrogen) atoms. The van der Waals surface area contributed by atoms with Crippen LogP contribution >= 0.6 is 0 Å². The van der Waals surface area contributed by atoms with E-state index < -0.39 is 17.5 Å². The number of carbonyl (C=O) groups is 2. The van der Waals surface area contributed by atoms with Crippen LogP contribution in [0.1, 0.15) is 30.1 Å². The van der Waals surface area contributed by atoms with Crippen molar-refractivity contribution in [1.29, 1.82) is 0 Å². The number of carbonyl (C=O) groups excluding carboxylic acids is 2. The molecule has 5 nitrogen and oxygen atoms in total. The average molecular weight is 286 g/mol. The molecule has 0 unspecified atom stereocenters. The molecular formula is C13H16F2N2O3. The first-order valence-corrected chi connectivity index (χ1v) is 6.14. The number of halogens is 2. The number of amides is 1. The van der Waals surface area contributed by atoms with E-state index in [9.17, 15) is 18.4 Å². The summed E-state index contributed by atoms with van der Waals surface area (Å²) in [4.78, 5) is 22.8. The highest BCUT2D eigenvalue weighted by molar-refractivity contribution is 5.99. The Morgan fingerprint density at radius 3 is 2.60 bits per heavy atom. The van der Waals surface area contributed by atoms with Crippen LogP contribution in [-0.2, 0) is 9.53 Å². The Kier molecular flexibility index (Phi) is 5.89. The number of nitrogen functional groups attached to an aromatic ring is 1. The van der Waals surface area contributed by atoms with Crippen molar-refractivity contribution in [2.75, 3.05) is 18.9 Å². The zero-order valence-corrected chi connectivity index (χ0v) is 11.0. The van der Waals surface area contributed by atoms with Crippen molar-refractivity contribution in [3.8, 4) is 0 Å². The highest BCUT2D eigenvalue weighted by Gasteiger charge is 2.14. The quantitative estimate of drug-likeness (QED) is 0.473. The summed E-state index contributed by atoms with van der Waals surface area (Å²) in [6.07, 6.45) is 0.551. The number of esters is 1. The molecule has 1 rings (SSSR count). The number of hydrogen-bond acceptors (Lipinski definition) is 4. The van der Waals surface area contributed by atoms with Crippen LogP contribution in [0.25, 0.3) is 0 Å². The molecule has 3 N–H and O–H groups in total. The lowest BCUT2D eigenvalue weighted by molar-refractivity contribution is -0.143. The van der Waals surface area contributed by atoms with Gasteiger partial charge in [0.15, 0.2) is 11.6 Å². The van der Waals surface area contributed by atoms with Gasteiger partial charge in [-0.3, -0.25) is 9.59 Å². The molecule has 0 spiro atoms. The molecule has 1 aromatic rings. The summed E-state index contributed by atoms with van der Waals surface area (Å²) in [6, 6.07) is 1.49. The lowest BCUT2D eigenvalue weighted by atomic mass is 10.1. The second kappa shape index (κ2) is 7.42. The van der Waals surface area contributed by atoms with E-state index in [1.165, 1.54) is 0 Å². The topological polar surface area (TPSA) is 81.4 Å². The van der Waals surface area contributed by atoms with Crippen molar-refractivity contribution in [2.45, 2.75) is 19.8 Å². The van der Waals surface area contributed by atoms with Gasteiger partial charge in [-0.05, 0) is 19.4 Å². The average Bonchev–Trinajstić information content (AvgIpc) is 2.39. The van der Waals surface area contributed by atoms with Crippen molar-refractivity contribution in [3.63, 3.8) is 0 Å². The van der Waals surface area contributed by atoms with E-state index in [-0.39, 0.29) is 30.2 Å². The van der Waals surface area contributed by atoms with E-state index in [4.69, 9.17) is 10.5 Å². The van der Waals surface area contributed by atoms with Gasteiger partial charge in [0.05, 0.1) is 12.2 Å². The third-order valence-electron chi connectivity index (χ3n) is 2.49. The molecule has 1 aromatic carbocycles. The van der Waals surface area contributed by atoms with Crippen LogP contribution in [-0.4, -0.2) is 25.0 Å². The van der Waals surface area contributed by atoms with Gasteiger partial charge >= 0.3 is 5.97 Å². The first-order chi connectivity index (χ1) is 9.45. The van der Waals surface area contributed by atoms with Crippen LogP contribution in [0.3, 0.4) is 0 Å². The van der Waals surface area contributed by atoms with Gasteiger partial charge in [-0.15, -0.1) is 0 Å². The number of rotatable bonds is 6. The standard InChI is InChI=1S/C13H16F2N2O3/c1-2-20-12(18)4-3-5-17-13(19)8-6-9(14)10(15)7-11(8)16/h6-7H,2-5,16H2,1H3,(H,17,19). The maximum Gasteiger partial charge on any atom is 0.305 e. The summed E-state index contributed by atoms with van der Waals surface area (Å²) in [5.41, 5.74) is 5.16. The van der Waals surface area contributed by atoms with E-state index in [0.717, 1.165) is 12.1 Å². The van der Waals surface area contributed by atoms with Gasteiger partial charge in [-0.2, -0.15) is 0 Å². The molecule has 1 amide bonds. The van der Waals surface area contributed by atoms with Gasteiger partial charge in [-0.1, -0.05) is 0 Å². The second-order valence-corrected chi connectivity index (χ2v) is 4.02. The second-order valence-electron chi connectivity index (χ2n) is 4.02. The van der Waals surface area contributed by atoms with Crippen LogP contribution in [0.4, 0.5) is 14.5 Å². The highest BCUT2D eigenvalue weighted by atomic mass is 19.2. The number of nitrogens with one attached hydrogen (secondary N) is 1. The summed E-state index contributed by atoms with van der Waals surface area (Å²) in [5, 5.41) is 2.47. The van der Waals surface area contributed by atoms with Gasteiger partial charge < -0.3 is 15.8 Å². The van der Waals surface area contributed by atoms with Gasteiger partial charge in [0.1, 0.15) is 0 Å². The lowest BCUT2D eigenvalue weighted by Gasteiger charge is -2.08. The molecule has 0 aliphatic carbocycles. The monoisotopic (exact) mass is 286 g/mol.